The second-order valence-electron chi connectivity index (χ2n) is 5.76. The fourth-order valence-corrected chi connectivity index (χ4v) is 2.38. The van der Waals surface area contributed by atoms with Crippen LogP contribution in [-0.2, 0) is 16.1 Å². The number of rotatable bonds is 6. The van der Waals surface area contributed by atoms with Gasteiger partial charge in [0.15, 0.2) is 11.5 Å². The molecule has 0 fully saturated rings. The van der Waals surface area contributed by atoms with Crippen LogP contribution in [0.2, 0.25) is 0 Å². The maximum Gasteiger partial charge on any atom is 0.414 e. The monoisotopic (exact) mass is 375 g/mol. The number of ether oxygens (including phenoxy) is 2. The van der Waals surface area contributed by atoms with Crippen LogP contribution in [0.5, 0.6) is 11.5 Å². The number of aryl methyl sites for hydroxylation is 2. The molecule has 0 saturated heterocycles. The maximum absolute atomic E-state index is 9.10. The molecule has 146 valence electrons. The van der Waals surface area contributed by atoms with Gasteiger partial charge in [0.05, 0.1) is 13.7 Å². The summed E-state index contributed by atoms with van der Waals surface area (Å²) in [6.45, 7) is 7.58. The van der Waals surface area contributed by atoms with Gasteiger partial charge in [0.2, 0.25) is 0 Å². The van der Waals surface area contributed by atoms with Gasteiger partial charge in [-0.15, -0.1) is 0 Å². The molecule has 3 N–H and O–H groups in total. The highest BCUT2D eigenvalue weighted by atomic mass is 16.5. The van der Waals surface area contributed by atoms with Gasteiger partial charge >= 0.3 is 11.9 Å². The number of carbonyl (C=O) groups is 2. The topological polar surface area (TPSA) is 105 Å². The number of carboxylic acids is 2. The Morgan fingerprint density at radius 1 is 0.963 bits per heavy atom. The average molecular weight is 375 g/mol. The molecule has 2 rings (SSSR count). The molecule has 0 aliphatic rings. The Kier molecular flexibility index (Phi) is 8.65. The zero-order chi connectivity index (χ0) is 20.4. The van der Waals surface area contributed by atoms with Crippen molar-refractivity contribution in [2.75, 3.05) is 19.0 Å². The Labute approximate surface area is 158 Å². The van der Waals surface area contributed by atoms with Gasteiger partial charge in [0.25, 0.3) is 0 Å². The third kappa shape index (κ3) is 7.68. The van der Waals surface area contributed by atoms with Crippen molar-refractivity contribution in [3.8, 4) is 11.5 Å². The lowest BCUT2D eigenvalue weighted by molar-refractivity contribution is -0.159. The molecule has 0 bridgehead atoms. The third-order valence-corrected chi connectivity index (χ3v) is 3.43. The van der Waals surface area contributed by atoms with E-state index in [1.165, 1.54) is 16.7 Å². The highest BCUT2D eigenvalue weighted by Crippen LogP contribution is 2.28. The predicted molar refractivity (Wildman–Crippen MR) is 103 cm³/mol. The summed E-state index contributed by atoms with van der Waals surface area (Å²) in [6.07, 6.45) is 0. The van der Waals surface area contributed by atoms with E-state index in [2.05, 4.69) is 43.4 Å². The molecule has 0 atom stereocenters. The molecule has 0 aliphatic carbocycles. The van der Waals surface area contributed by atoms with Crippen molar-refractivity contribution in [2.45, 2.75) is 27.3 Å². The summed E-state index contributed by atoms with van der Waals surface area (Å²) in [5.74, 6) is -2.09. The van der Waals surface area contributed by atoms with Gasteiger partial charge in [0.1, 0.15) is 0 Å². The lowest BCUT2D eigenvalue weighted by Gasteiger charge is -2.12. The molecule has 27 heavy (non-hydrogen) atoms. The minimum absolute atomic E-state index is 0.629. The summed E-state index contributed by atoms with van der Waals surface area (Å²) in [6, 6.07) is 12.5. The Morgan fingerprint density at radius 2 is 1.56 bits per heavy atom. The van der Waals surface area contributed by atoms with Gasteiger partial charge in [-0.2, -0.15) is 0 Å². The van der Waals surface area contributed by atoms with Crippen molar-refractivity contribution in [2.24, 2.45) is 0 Å². The summed E-state index contributed by atoms with van der Waals surface area (Å²) < 4.78 is 10.9. The van der Waals surface area contributed by atoms with Crippen LogP contribution in [-0.4, -0.2) is 35.9 Å². The van der Waals surface area contributed by atoms with Crippen LogP contribution < -0.4 is 14.8 Å². The molecule has 0 radical (unpaired) electrons. The minimum Gasteiger partial charge on any atom is -0.493 e. The maximum atomic E-state index is 9.10. The highest BCUT2D eigenvalue weighted by Gasteiger charge is 2.06. The van der Waals surface area contributed by atoms with Crippen molar-refractivity contribution < 1.29 is 29.3 Å². The number of carboxylic acid groups (broad SMARTS) is 2. The fourth-order valence-electron chi connectivity index (χ4n) is 2.38. The summed E-state index contributed by atoms with van der Waals surface area (Å²) in [5, 5.41) is 18.2. The van der Waals surface area contributed by atoms with Gasteiger partial charge in [-0.05, 0) is 61.7 Å². The van der Waals surface area contributed by atoms with Gasteiger partial charge in [-0.1, -0.05) is 12.1 Å². The molecule has 0 unspecified atom stereocenters. The second-order valence-corrected chi connectivity index (χ2v) is 5.76. The van der Waals surface area contributed by atoms with E-state index in [1.54, 1.807) is 7.11 Å². The lowest BCUT2D eigenvalue weighted by Crippen LogP contribution is -2.09. The van der Waals surface area contributed by atoms with Gasteiger partial charge < -0.3 is 25.0 Å². The molecular weight excluding hydrogens is 350 g/mol. The molecule has 7 nitrogen and oxygen atoms in total. The molecule has 0 aliphatic heterocycles. The second kappa shape index (κ2) is 10.7. The third-order valence-electron chi connectivity index (χ3n) is 3.43. The Balaban J connectivity index is 0.000000527. The molecule has 0 spiro atoms. The van der Waals surface area contributed by atoms with E-state index in [0.29, 0.717) is 6.61 Å². The standard InChI is InChI=1S/C18H23NO2.C2H2O4/c1-5-21-18-11-15(6-7-17(18)20-4)12-19-16-9-13(2)8-14(3)10-16;3-1(4)2(5)6/h6-11,19H,5,12H2,1-4H3;(H,3,4)(H,5,6). The number of aliphatic carboxylic acids is 2. The van der Waals surface area contributed by atoms with E-state index >= 15 is 0 Å². The SMILES string of the molecule is CCOc1cc(CNc2cc(C)cc(C)c2)ccc1OC.O=C(O)C(=O)O. The molecular formula is C20H25NO6. The van der Waals surface area contributed by atoms with Crippen molar-refractivity contribution in [3.05, 3.63) is 53.1 Å². The number of anilines is 1. The van der Waals surface area contributed by atoms with Crippen LogP contribution in [0.25, 0.3) is 0 Å². The molecule has 0 heterocycles. The van der Waals surface area contributed by atoms with Gasteiger partial charge in [-0.3, -0.25) is 0 Å². The van der Waals surface area contributed by atoms with Crippen LogP contribution in [0.15, 0.2) is 36.4 Å². The van der Waals surface area contributed by atoms with E-state index in [4.69, 9.17) is 29.3 Å². The molecule has 2 aromatic carbocycles. The van der Waals surface area contributed by atoms with Crippen molar-refractivity contribution in [1.29, 1.82) is 0 Å². The number of hydrogen-bond acceptors (Lipinski definition) is 5. The summed E-state index contributed by atoms with van der Waals surface area (Å²) in [4.78, 5) is 18.2. The smallest absolute Gasteiger partial charge is 0.414 e. The first-order valence-corrected chi connectivity index (χ1v) is 8.34. The van der Waals surface area contributed by atoms with E-state index in [-0.39, 0.29) is 0 Å². The number of methoxy groups -OCH3 is 1. The quantitative estimate of drug-likeness (QED) is 0.664. The number of nitrogens with one attached hydrogen (secondary N) is 1. The largest absolute Gasteiger partial charge is 0.493 e. The summed E-state index contributed by atoms with van der Waals surface area (Å²) >= 11 is 0. The Morgan fingerprint density at radius 3 is 2.04 bits per heavy atom. The Hall–Kier alpha value is -3.22. The van der Waals surface area contributed by atoms with Crippen LogP contribution in [0, 0.1) is 13.8 Å². The molecule has 0 aromatic heterocycles. The summed E-state index contributed by atoms with van der Waals surface area (Å²) in [7, 11) is 1.66. The van der Waals surface area contributed by atoms with Crippen molar-refractivity contribution in [3.63, 3.8) is 0 Å². The molecule has 7 heteroatoms. The first-order valence-electron chi connectivity index (χ1n) is 8.34. The van der Waals surface area contributed by atoms with E-state index in [9.17, 15) is 0 Å². The number of benzene rings is 2. The molecule has 2 aromatic rings. The van der Waals surface area contributed by atoms with Crippen molar-refractivity contribution in [1.82, 2.24) is 0 Å². The highest BCUT2D eigenvalue weighted by molar-refractivity contribution is 6.27. The molecule has 0 amide bonds. The summed E-state index contributed by atoms with van der Waals surface area (Å²) in [5.41, 5.74) is 4.84. The first kappa shape index (κ1) is 21.8. The minimum atomic E-state index is -1.82. The zero-order valence-corrected chi connectivity index (χ0v) is 15.9. The van der Waals surface area contributed by atoms with Crippen molar-refractivity contribution >= 4 is 17.6 Å². The van der Waals surface area contributed by atoms with Crippen LogP contribution in [0.4, 0.5) is 5.69 Å². The average Bonchev–Trinajstić information content (AvgIpc) is 2.60. The normalized spacial score (nSPS) is 9.63. The molecule has 0 saturated carbocycles. The van der Waals surface area contributed by atoms with Crippen LogP contribution in [0.3, 0.4) is 0 Å². The van der Waals surface area contributed by atoms with Gasteiger partial charge in [-0.25, -0.2) is 9.59 Å². The first-order chi connectivity index (χ1) is 12.8. The van der Waals surface area contributed by atoms with Crippen LogP contribution in [0.1, 0.15) is 23.6 Å². The van der Waals surface area contributed by atoms with E-state index in [1.807, 2.05) is 19.1 Å². The van der Waals surface area contributed by atoms with Crippen LogP contribution >= 0.6 is 0 Å². The van der Waals surface area contributed by atoms with Gasteiger partial charge in [0, 0.05) is 12.2 Å². The Bertz CT molecular complexity index is 756. The number of hydrogen-bond donors (Lipinski definition) is 3. The van der Waals surface area contributed by atoms with E-state index in [0.717, 1.165) is 23.7 Å². The van der Waals surface area contributed by atoms with E-state index < -0.39 is 11.9 Å². The lowest BCUT2D eigenvalue weighted by atomic mass is 10.1. The fraction of sp³-hybridized carbons (Fsp3) is 0.300. The zero-order valence-electron chi connectivity index (χ0n) is 15.9. The predicted octanol–water partition coefficient (Wildman–Crippen LogP) is 3.48.